The molecule has 2 amide bonds. The summed E-state index contributed by atoms with van der Waals surface area (Å²) in [5.41, 5.74) is 0. The van der Waals surface area contributed by atoms with Gasteiger partial charge in [0.1, 0.15) is 0 Å². The van der Waals surface area contributed by atoms with Gasteiger partial charge in [0.2, 0.25) is 0 Å². The fraction of sp³-hybridized carbons (Fsp3) is 0.889. The predicted octanol–water partition coefficient (Wildman–Crippen LogP) is 1.79. The summed E-state index contributed by atoms with van der Waals surface area (Å²) in [5.74, 6) is 0. The average molecular weight is 172 g/mol. The fourth-order valence-electron chi connectivity index (χ4n) is 1.17. The minimum Gasteiger partial charge on any atom is -0.328 e. The van der Waals surface area contributed by atoms with E-state index in [0.29, 0.717) is 0 Å². The molecule has 0 fully saturated rings. The van der Waals surface area contributed by atoms with Gasteiger partial charge >= 0.3 is 6.03 Å². The van der Waals surface area contributed by atoms with E-state index in [1.54, 1.807) is 4.90 Å². The Morgan fingerprint density at radius 2 is 1.67 bits per heavy atom. The predicted molar refractivity (Wildman–Crippen MR) is 51.2 cm³/mol. The van der Waals surface area contributed by atoms with Crippen LogP contribution in [0.3, 0.4) is 0 Å². The molecule has 0 aromatic heterocycles. The largest absolute Gasteiger partial charge is 0.328 e. The molecule has 0 saturated heterocycles. The molecule has 72 valence electrons. The standard InChI is InChI=1S/C9H20N2O/c1-5-8-10(4)9(12)11(6-2)7-3/h5-8H2,1-4H3. The molecule has 0 spiro atoms. The van der Waals surface area contributed by atoms with Gasteiger partial charge in [0, 0.05) is 26.7 Å². The topological polar surface area (TPSA) is 23.6 Å². The van der Waals surface area contributed by atoms with Gasteiger partial charge in [-0.1, -0.05) is 6.92 Å². The van der Waals surface area contributed by atoms with Gasteiger partial charge in [0.15, 0.2) is 0 Å². The molecule has 0 atom stereocenters. The van der Waals surface area contributed by atoms with Crippen LogP contribution in [0.1, 0.15) is 27.2 Å². The van der Waals surface area contributed by atoms with Crippen molar-refractivity contribution in [2.75, 3.05) is 26.7 Å². The number of nitrogens with zero attached hydrogens (tertiary/aromatic N) is 2. The van der Waals surface area contributed by atoms with Crippen LogP contribution in [0.15, 0.2) is 0 Å². The number of carbonyl (C=O) groups excluding carboxylic acids is 1. The van der Waals surface area contributed by atoms with Crippen molar-refractivity contribution in [3.63, 3.8) is 0 Å². The van der Waals surface area contributed by atoms with Gasteiger partial charge in [-0.3, -0.25) is 0 Å². The quantitative estimate of drug-likeness (QED) is 0.634. The van der Waals surface area contributed by atoms with E-state index in [1.807, 2.05) is 25.8 Å². The van der Waals surface area contributed by atoms with Crippen molar-refractivity contribution in [1.82, 2.24) is 9.80 Å². The zero-order chi connectivity index (χ0) is 9.56. The molecule has 12 heavy (non-hydrogen) atoms. The molecular formula is C9H20N2O. The van der Waals surface area contributed by atoms with Crippen LogP contribution in [0.25, 0.3) is 0 Å². The van der Waals surface area contributed by atoms with Gasteiger partial charge in [-0.25, -0.2) is 4.79 Å². The summed E-state index contributed by atoms with van der Waals surface area (Å²) in [4.78, 5) is 15.1. The molecule has 0 aromatic rings. The highest BCUT2D eigenvalue weighted by atomic mass is 16.2. The number of urea groups is 1. The van der Waals surface area contributed by atoms with Crippen molar-refractivity contribution < 1.29 is 4.79 Å². The summed E-state index contributed by atoms with van der Waals surface area (Å²) < 4.78 is 0. The molecule has 0 saturated carbocycles. The molecule has 0 aliphatic heterocycles. The van der Waals surface area contributed by atoms with Gasteiger partial charge in [0.25, 0.3) is 0 Å². The lowest BCUT2D eigenvalue weighted by atomic mass is 10.4. The molecule has 0 heterocycles. The Balaban J connectivity index is 3.97. The van der Waals surface area contributed by atoms with Crippen LogP contribution in [0.5, 0.6) is 0 Å². The first-order valence-corrected chi connectivity index (χ1v) is 4.67. The molecule has 0 aromatic carbocycles. The minimum absolute atomic E-state index is 0.141. The maximum absolute atomic E-state index is 11.5. The molecule has 0 unspecified atom stereocenters. The minimum atomic E-state index is 0.141. The van der Waals surface area contributed by atoms with Gasteiger partial charge in [0.05, 0.1) is 0 Å². The lowest BCUT2D eigenvalue weighted by Gasteiger charge is -2.25. The van der Waals surface area contributed by atoms with Crippen molar-refractivity contribution in [2.24, 2.45) is 0 Å². The highest BCUT2D eigenvalue weighted by molar-refractivity contribution is 5.73. The highest BCUT2D eigenvalue weighted by Crippen LogP contribution is 1.96. The molecule has 0 aliphatic rings. The summed E-state index contributed by atoms with van der Waals surface area (Å²) in [6, 6.07) is 0.141. The zero-order valence-electron chi connectivity index (χ0n) is 8.63. The van der Waals surface area contributed by atoms with Crippen molar-refractivity contribution in [3.8, 4) is 0 Å². The first-order valence-electron chi connectivity index (χ1n) is 4.67. The summed E-state index contributed by atoms with van der Waals surface area (Å²) >= 11 is 0. The molecule has 0 bridgehead atoms. The Morgan fingerprint density at radius 3 is 2.00 bits per heavy atom. The Kier molecular flexibility index (Phi) is 5.51. The van der Waals surface area contributed by atoms with Crippen molar-refractivity contribution in [3.05, 3.63) is 0 Å². The van der Waals surface area contributed by atoms with Crippen LogP contribution in [0, 0.1) is 0 Å². The molecule has 3 nitrogen and oxygen atoms in total. The van der Waals surface area contributed by atoms with E-state index >= 15 is 0 Å². The number of rotatable bonds is 4. The number of hydrogen-bond acceptors (Lipinski definition) is 1. The first kappa shape index (κ1) is 11.3. The van der Waals surface area contributed by atoms with E-state index in [9.17, 15) is 4.79 Å². The lowest BCUT2D eigenvalue weighted by molar-refractivity contribution is 0.168. The van der Waals surface area contributed by atoms with Crippen LogP contribution in [-0.2, 0) is 0 Å². The second-order valence-electron chi connectivity index (χ2n) is 2.88. The van der Waals surface area contributed by atoms with Crippen LogP contribution >= 0.6 is 0 Å². The maximum atomic E-state index is 11.5. The molecule has 0 radical (unpaired) electrons. The van der Waals surface area contributed by atoms with Crippen molar-refractivity contribution in [2.45, 2.75) is 27.2 Å². The van der Waals surface area contributed by atoms with E-state index in [-0.39, 0.29) is 6.03 Å². The van der Waals surface area contributed by atoms with Crippen molar-refractivity contribution in [1.29, 1.82) is 0 Å². The maximum Gasteiger partial charge on any atom is 0.319 e. The lowest BCUT2D eigenvalue weighted by Crippen LogP contribution is -2.41. The normalized spacial score (nSPS) is 9.67. The molecule has 0 rings (SSSR count). The Bertz CT molecular complexity index is 132. The van der Waals surface area contributed by atoms with E-state index in [2.05, 4.69) is 6.92 Å². The second-order valence-corrected chi connectivity index (χ2v) is 2.88. The zero-order valence-corrected chi connectivity index (χ0v) is 8.63. The van der Waals surface area contributed by atoms with Gasteiger partial charge in [-0.15, -0.1) is 0 Å². The third-order valence-corrected chi connectivity index (χ3v) is 1.92. The van der Waals surface area contributed by atoms with Gasteiger partial charge in [-0.2, -0.15) is 0 Å². The Hall–Kier alpha value is -0.730. The third kappa shape index (κ3) is 3.11. The average Bonchev–Trinajstić information content (AvgIpc) is 2.07. The summed E-state index contributed by atoms with van der Waals surface area (Å²) in [5, 5.41) is 0. The van der Waals surface area contributed by atoms with Crippen LogP contribution in [-0.4, -0.2) is 42.5 Å². The van der Waals surface area contributed by atoms with E-state index in [4.69, 9.17) is 0 Å². The van der Waals surface area contributed by atoms with Crippen LogP contribution in [0.4, 0.5) is 4.79 Å². The smallest absolute Gasteiger partial charge is 0.319 e. The first-order chi connectivity index (χ1) is 5.67. The summed E-state index contributed by atoms with van der Waals surface area (Å²) in [6.07, 6.45) is 1.02. The van der Waals surface area contributed by atoms with Crippen LogP contribution in [0.2, 0.25) is 0 Å². The van der Waals surface area contributed by atoms with Crippen LogP contribution < -0.4 is 0 Å². The number of carbonyl (C=O) groups is 1. The Morgan fingerprint density at radius 1 is 1.17 bits per heavy atom. The molecular weight excluding hydrogens is 152 g/mol. The SMILES string of the molecule is CCCN(C)C(=O)N(CC)CC. The molecule has 0 N–H and O–H groups in total. The highest BCUT2D eigenvalue weighted by Gasteiger charge is 2.12. The molecule has 0 aliphatic carbocycles. The fourth-order valence-corrected chi connectivity index (χ4v) is 1.17. The van der Waals surface area contributed by atoms with E-state index in [1.165, 1.54) is 0 Å². The van der Waals surface area contributed by atoms with Gasteiger partial charge in [-0.05, 0) is 20.3 Å². The monoisotopic (exact) mass is 172 g/mol. The van der Waals surface area contributed by atoms with E-state index < -0.39 is 0 Å². The van der Waals surface area contributed by atoms with Gasteiger partial charge < -0.3 is 9.80 Å². The molecule has 3 heteroatoms. The summed E-state index contributed by atoms with van der Waals surface area (Å²) in [7, 11) is 1.85. The second kappa shape index (κ2) is 5.86. The Labute approximate surface area is 75.3 Å². The number of hydrogen-bond donors (Lipinski definition) is 0. The van der Waals surface area contributed by atoms with E-state index in [0.717, 1.165) is 26.1 Å². The van der Waals surface area contributed by atoms with Crippen molar-refractivity contribution >= 4 is 6.03 Å². The third-order valence-electron chi connectivity index (χ3n) is 1.92. The number of amides is 2. The summed E-state index contributed by atoms with van der Waals surface area (Å²) in [6.45, 7) is 8.51.